The summed E-state index contributed by atoms with van der Waals surface area (Å²) in [7, 11) is 0. The Morgan fingerprint density at radius 1 is 1.00 bits per heavy atom. The fraction of sp³-hybridized carbons (Fsp3) is 0.875. The van der Waals surface area contributed by atoms with Gasteiger partial charge in [0.2, 0.25) is 11.8 Å². The van der Waals surface area contributed by atoms with Crippen LogP contribution in [0, 0.1) is 11.8 Å². The number of nitrogens with zero attached hydrogens (tertiary/aromatic N) is 2. The van der Waals surface area contributed by atoms with Crippen LogP contribution in [0.5, 0.6) is 0 Å². The van der Waals surface area contributed by atoms with Crippen LogP contribution in [0.15, 0.2) is 0 Å². The molecule has 0 radical (unpaired) electrons. The first-order valence-electron chi connectivity index (χ1n) is 8.68. The van der Waals surface area contributed by atoms with E-state index in [-0.39, 0.29) is 42.5 Å². The minimum Gasteiger partial charge on any atom is -0.352 e. The topological polar surface area (TPSA) is 78.7 Å². The maximum absolute atomic E-state index is 12.6. The number of nitrogens with two attached hydrogens (primary N) is 1. The van der Waals surface area contributed by atoms with Crippen LogP contribution in [0.2, 0.25) is 0 Å². The van der Waals surface area contributed by atoms with Crippen molar-refractivity contribution >= 4 is 36.6 Å². The van der Waals surface area contributed by atoms with Crippen molar-refractivity contribution in [1.82, 2.24) is 15.1 Å². The van der Waals surface area contributed by atoms with Gasteiger partial charge in [0.25, 0.3) is 0 Å². The van der Waals surface area contributed by atoms with E-state index in [1.807, 2.05) is 4.90 Å². The minimum atomic E-state index is 0. The molecule has 2 amide bonds. The van der Waals surface area contributed by atoms with E-state index in [1.54, 1.807) is 0 Å². The van der Waals surface area contributed by atoms with Gasteiger partial charge in [-0.05, 0) is 38.1 Å². The molecule has 0 aromatic carbocycles. The highest BCUT2D eigenvalue weighted by molar-refractivity contribution is 5.85. The first-order valence-corrected chi connectivity index (χ1v) is 8.68. The lowest BCUT2D eigenvalue weighted by Gasteiger charge is -2.36. The number of hydrogen-bond donors (Lipinski definition) is 2. The quantitative estimate of drug-likeness (QED) is 0.732. The Bertz CT molecular complexity index is 426. The van der Waals surface area contributed by atoms with Crippen molar-refractivity contribution in [2.45, 2.75) is 38.1 Å². The predicted octanol–water partition coefficient (Wildman–Crippen LogP) is 0.628. The van der Waals surface area contributed by atoms with Crippen molar-refractivity contribution < 1.29 is 9.59 Å². The Hall–Kier alpha value is -0.560. The summed E-state index contributed by atoms with van der Waals surface area (Å²) in [5.41, 5.74) is 5.79. The number of hydrogen-bond acceptors (Lipinski definition) is 4. The average molecular weight is 381 g/mol. The van der Waals surface area contributed by atoms with E-state index in [9.17, 15) is 9.59 Å². The molecule has 8 heteroatoms. The van der Waals surface area contributed by atoms with Crippen molar-refractivity contribution in [3.8, 4) is 0 Å². The van der Waals surface area contributed by atoms with Crippen LogP contribution in [-0.4, -0.2) is 66.9 Å². The molecule has 140 valence electrons. The molecular weight excluding hydrogens is 351 g/mol. The zero-order valence-electron chi connectivity index (χ0n) is 14.1. The third kappa shape index (κ3) is 5.48. The Balaban J connectivity index is 0.00000144. The van der Waals surface area contributed by atoms with Gasteiger partial charge in [0, 0.05) is 38.1 Å². The molecule has 2 saturated carbocycles. The zero-order chi connectivity index (χ0) is 15.5. The first-order chi connectivity index (χ1) is 10.7. The Morgan fingerprint density at radius 3 is 2.25 bits per heavy atom. The van der Waals surface area contributed by atoms with Gasteiger partial charge in [-0.3, -0.25) is 14.5 Å². The van der Waals surface area contributed by atoms with Crippen molar-refractivity contribution in [2.75, 3.05) is 39.3 Å². The normalized spacial score (nSPS) is 27.1. The van der Waals surface area contributed by atoms with Gasteiger partial charge in [-0.2, -0.15) is 0 Å². The smallest absolute Gasteiger partial charge is 0.234 e. The van der Waals surface area contributed by atoms with Crippen LogP contribution in [0.1, 0.15) is 32.1 Å². The molecule has 2 atom stereocenters. The molecule has 24 heavy (non-hydrogen) atoms. The highest BCUT2D eigenvalue weighted by Gasteiger charge is 2.35. The Kier molecular flexibility index (Phi) is 8.77. The fourth-order valence-corrected chi connectivity index (χ4v) is 3.71. The van der Waals surface area contributed by atoms with Gasteiger partial charge in [0.05, 0.1) is 6.54 Å². The fourth-order valence-electron chi connectivity index (χ4n) is 3.71. The van der Waals surface area contributed by atoms with Gasteiger partial charge in [-0.15, -0.1) is 24.8 Å². The monoisotopic (exact) mass is 380 g/mol. The number of amides is 2. The molecule has 6 nitrogen and oxygen atoms in total. The zero-order valence-corrected chi connectivity index (χ0v) is 15.7. The van der Waals surface area contributed by atoms with Crippen LogP contribution in [0.4, 0.5) is 0 Å². The molecule has 0 unspecified atom stereocenters. The van der Waals surface area contributed by atoms with Gasteiger partial charge in [0.15, 0.2) is 0 Å². The van der Waals surface area contributed by atoms with Crippen molar-refractivity contribution in [1.29, 1.82) is 0 Å². The van der Waals surface area contributed by atoms with E-state index in [0.717, 1.165) is 58.3 Å². The van der Waals surface area contributed by atoms with Gasteiger partial charge in [0.1, 0.15) is 0 Å². The van der Waals surface area contributed by atoms with Gasteiger partial charge < -0.3 is 16.0 Å². The van der Waals surface area contributed by atoms with E-state index in [1.165, 1.54) is 0 Å². The maximum Gasteiger partial charge on any atom is 0.234 e. The summed E-state index contributed by atoms with van der Waals surface area (Å²) in [5, 5.41) is 3.02. The summed E-state index contributed by atoms with van der Waals surface area (Å²) in [6.07, 6.45) is 5.45. The molecule has 3 N–H and O–H groups in total. The van der Waals surface area contributed by atoms with Crippen molar-refractivity contribution in [3.63, 3.8) is 0 Å². The molecule has 0 aromatic rings. The van der Waals surface area contributed by atoms with Crippen LogP contribution in [0.3, 0.4) is 0 Å². The van der Waals surface area contributed by atoms with Crippen LogP contribution in [-0.2, 0) is 9.59 Å². The molecule has 0 bridgehead atoms. The minimum absolute atomic E-state index is 0. The lowest BCUT2D eigenvalue weighted by atomic mass is 9.94. The summed E-state index contributed by atoms with van der Waals surface area (Å²) in [6, 6.07) is 0.422. The van der Waals surface area contributed by atoms with E-state index in [0.29, 0.717) is 25.0 Å². The Morgan fingerprint density at radius 2 is 1.67 bits per heavy atom. The van der Waals surface area contributed by atoms with Crippen LogP contribution < -0.4 is 11.1 Å². The van der Waals surface area contributed by atoms with E-state index in [2.05, 4.69) is 10.2 Å². The van der Waals surface area contributed by atoms with Crippen molar-refractivity contribution in [3.05, 3.63) is 0 Å². The predicted molar refractivity (Wildman–Crippen MR) is 98.6 cm³/mol. The van der Waals surface area contributed by atoms with Crippen molar-refractivity contribution in [2.24, 2.45) is 17.6 Å². The molecule has 3 fully saturated rings. The summed E-state index contributed by atoms with van der Waals surface area (Å²) in [6.45, 7) is 4.16. The Labute approximate surface area is 156 Å². The van der Waals surface area contributed by atoms with Gasteiger partial charge in [-0.25, -0.2) is 0 Å². The summed E-state index contributed by atoms with van der Waals surface area (Å²) < 4.78 is 0. The third-order valence-electron chi connectivity index (χ3n) is 5.27. The SMILES string of the molecule is Cl.Cl.NC[C@H]1CCC[C@H]1C(=O)N1CCN(CC(=O)NC2CC2)CC1. The number of nitrogens with one attached hydrogen (secondary N) is 1. The molecule has 2 aliphatic carbocycles. The third-order valence-corrected chi connectivity index (χ3v) is 5.27. The second kappa shape index (κ2) is 9.80. The average Bonchev–Trinajstić information content (AvgIpc) is 3.19. The first kappa shape index (κ1) is 21.5. The highest BCUT2D eigenvalue weighted by Crippen LogP contribution is 2.32. The largest absolute Gasteiger partial charge is 0.352 e. The number of carbonyl (C=O) groups excluding carboxylic acids is 2. The van der Waals surface area contributed by atoms with E-state index < -0.39 is 0 Å². The summed E-state index contributed by atoms with van der Waals surface area (Å²) >= 11 is 0. The summed E-state index contributed by atoms with van der Waals surface area (Å²) in [4.78, 5) is 28.6. The van der Waals surface area contributed by atoms with Crippen LogP contribution in [0.25, 0.3) is 0 Å². The number of carbonyl (C=O) groups is 2. The second-order valence-corrected chi connectivity index (χ2v) is 6.98. The second-order valence-electron chi connectivity index (χ2n) is 6.98. The molecule has 3 aliphatic rings. The van der Waals surface area contributed by atoms with Crippen LogP contribution >= 0.6 is 24.8 Å². The molecule has 1 saturated heterocycles. The standard InChI is InChI=1S/C16H28N4O2.2ClH/c17-10-12-2-1-3-14(12)16(22)20-8-6-19(7-9-20)11-15(21)18-13-4-5-13;;/h12-14H,1-11,17H2,(H,18,21);2*1H/t12-,14-;;/m1../s1. The highest BCUT2D eigenvalue weighted by atomic mass is 35.5. The molecule has 3 rings (SSSR count). The molecular formula is C16H30Cl2N4O2. The lowest BCUT2D eigenvalue weighted by Crippen LogP contribution is -2.53. The maximum atomic E-state index is 12.6. The molecule has 0 aromatic heterocycles. The van der Waals surface area contributed by atoms with Gasteiger partial charge >= 0.3 is 0 Å². The lowest BCUT2D eigenvalue weighted by molar-refractivity contribution is -0.138. The number of rotatable bonds is 5. The van der Waals surface area contributed by atoms with E-state index >= 15 is 0 Å². The molecule has 0 spiro atoms. The number of piperazine rings is 1. The van der Waals surface area contributed by atoms with E-state index in [4.69, 9.17) is 5.73 Å². The molecule has 1 aliphatic heterocycles. The molecule has 1 heterocycles. The summed E-state index contributed by atoms with van der Waals surface area (Å²) in [5.74, 6) is 0.917. The number of halogens is 2. The van der Waals surface area contributed by atoms with Gasteiger partial charge in [-0.1, -0.05) is 6.42 Å².